The molecule has 1 aromatic heterocycles. The third-order valence-corrected chi connectivity index (χ3v) is 3.59. The molecule has 0 unspecified atom stereocenters. The minimum absolute atomic E-state index is 0.00502. The zero-order valence-electron chi connectivity index (χ0n) is 15.0. The van der Waals surface area contributed by atoms with Gasteiger partial charge >= 0.3 is 0 Å². The Kier molecular flexibility index (Phi) is 5.44. The molecule has 1 amide bonds. The van der Waals surface area contributed by atoms with Crippen molar-refractivity contribution in [3.63, 3.8) is 0 Å². The molecule has 6 nitrogen and oxygen atoms in total. The molecule has 0 aliphatic heterocycles. The van der Waals surface area contributed by atoms with Gasteiger partial charge in [0, 0.05) is 30.1 Å². The van der Waals surface area contributed by atoms with Crippen molar-refractivity contribution in [1.29, 1.82) is 0 Å². The second kappa shape index (κ2) is 7.95. The minimum atomic E-state index is -1.58. The van der Waals surface area contributed by atoms with Crippen molar-refractivity contribution < 1.29 is 18.0 Å². The number of carbonyl (C=O) groups excluding carboxylic acids is 1. The van der Waals surface area contributed by atoms with Crippen LogP contribution in [0, 0.1) is 24.4 Å². The summed E-state index contributed by atoms with van der Waals surface area (Å²) < 4.78 is 40.3. The maximum absolute atomic E-state index is 13.9. The molecule has 0 spiro atoms. The topological polar surface area (TPSA) is 78.9 Å². The minimum Gasteiger partial charge on any atom is -0.340 e. The van der Waals surface area contributed by atoms with Crippen LogP contribution in [0.2, 0.25) is 0 Å². The number of nitrogens with one attached hydrogen (secondary N) is 3. The van der Waals surface area contributed by atoms with Crippen molar-refractivity contribution in [3.8, 4) is 0 Å². The highest BCUT2D eigenvalue weighted by molar-refractivity contribution is 5.89. The first-order valence-corrected chi connectivity index (χ1v) is 8.22. The summed E-state index contributed by atoms with van der Waals surface area (Å²) >= 11 is 0. The summed E-state index contributed by atoms with van der Waals surface area (Å²) in [5, 5.41) is 8.26. The summed E-state index contributed by atoms with van der Waals surface area (Å²) in [5.74, 6) is -4.03. The van der Waals surface area contributed by atoms with Crippen molar-refractivity contribution in [3.05, 3.63) is 65.6 Å². The van der Waals surface area contributed by atoms with Gasteiger partial charge in [0.2, 0.25) is 11.9 Å². The molecule has 3 aromatic rings. The fourth-order valence-electron chi connectivity index (χ4n) is 2.46. The average Bonchev–Trinajstić information content (AvgIpc) is 2.61. The van der Waals surface area contributed by atoms with E-state index in [1.165, 1.54) is 6.92 Å². The van der Waals surface area contributed by atoms with E-state index in [-0.39, 0.29) is 17.5 Å². The van der Waals surface area contributed by atoms with Crippen LogP contribution in [-0.4, -0.2) is 15.9 Å². The summed E-state index contributed by atoms with van der Waals surface area (Å²) in [6.07, 6.45) is 0. The normalized spacial score (nSPS) is 10.5. The van der Waals surface area contributed by atoms with E-state index in [1.807, 2.05) is 0 Å². The second-order valence-electron chi connectivity index (χ2n) is 5.95. The van der Waals surface area contributed by atoms with Crippen molar-refractivity contribution >= 4 is 34.7 Å². The molecule has 1 heterocycles. The Bertz CT molecular complexity index is 1040. The molecule has 0 fully saturated rings. The zero-order chi connectivity index (χ0) is 20.3. The van der Waals surface area contributed by atoms with Crippen molar-refractivity contribution in [2.24, 2.45) is 0 Å². The number of carbonyl (C=O) groups is 1. The van der Waals surface area contributed by atoms with E-state index in [9.17, 15) is 18.0 Å². The largest absolute Gasteiger partial charge is 0.340 e. The summed E-state index contributed by atoms with van der Waals surface area (Å²) in [4.78, 5) is 19.5. The number of anilines is 5. The molecular weight excluding hydrogens is 371 g/mol. The molecule has 2 aromatic carbocycles. The number of rotatable bonds is 5. The summed E-state index contributed by atoms with van der Waals surface area (Å²) in [5.41, 5.74) is 1.52. The van der Waals surface area contributed by atoms with Crippen LogP contribution in [0.25, 0.3) is 0 Å². The number of aromatic nitrogens is 2. The maximum atomic E-state index is 13.9. The smallest absolute Gasteiger partial charge is 0.229 e. The quantitative estimate of drug-likeness (QED) is 0.556. The number of benzene rings is 2. The van der Waals surface area contributed by atoms with E-state index in [0.717, 1.165) is 12.1 Å². The highest BCUT2D eigenvalue weighted by Gasteiger charge is 2.14. The first-order chi connectivity index (χ1) is 13.3. The number of hydrogen-bond acceptors (Lipinski definition) is 5. The predicted octanol–water partition coefficient (Wildman–Crippen LogP) is 4.65. The van der Waals surface area contributed by atoms with E-state index in [4.69, 9.17) is 0 Å². The van der Waals surface area contributed by atoms with Crippen LogP contribution >= 0.6 is 0 Å². The van der Waals surface area contributed by atoms with Crippen molar-refractivity contribution in [1.82, 2.24) is 9.97 Å². The summed E-state index contributed by atoms with van der Waals surface area (Å²) in [7, 11) is 0. The Morgan fingerprint density at radius 1 is 0.929 bits per heavy atom. The van der Waals surface area contributed by atoms with Gasteiger partial charge in [0.05, 0.1) is 5.69 Å². The van der Waals surface area contributed by atoms with Crippen LogP contribution in [-0.2, 0) is 4.79 Å². The van der Waals surface area contributed by atoms with E-state index in [2.05, 4.69) is 25.9 Å². The number of amides is 1. The molecule has 3 N–H and O–H groups in total. The van der Waals surface area contributed by atoms with Gasteiger partial charge in [-0.25, -0.2) is 18.2 Å². The van der Waals surface area contributed by atoms with Crippen LogP contribution in [0.5, 0.6) is 0 Å². The molecule has 144 valence electrons. The molecule has 0 saturated heterocycles. The lowest BCUT2D eigenvalue weighted by Gasteiger charge is -2.12. The van der Waals surface area contributed by atoms with Gasteiger partial charge in [-0.05, 0) is 37.3 Å². The number of hydrogen-bond donors (Lipinski definition) is 3. The second-order valence-corrected chi connectivity index (χ2v) is 5.95. The Labute approximate surface area is 158 Å². The molecular formula is C19H16F3N5O. The SMILES string of the molecule is CC(=O)Nc1cccc(Nc2cc(C)nc(Nc3ccc(F)c(F)c3F)n2)c1. The Morgan fingerprint density at radius 3 is 2.43 bits per heavy atom. The molecule has 0 radical (unpaired) electrons. The molecule has 0 atom stereocenters. The maximum Gasteiger partial charge on any atom is 0.229 e. The Balaban J connectivity index is 1.84. The van der Waals surface area contributed by atoms with Gasteiger partial charge in [-0.1, -0.05) is 6.07 Å². The molecule has 9 heteroatoms. The fourth-order valence-corrected chi connectivity index (χ4v) is 2.46. The van der Waals surface area contributed by atoms with Gasteiger partial charge < -0.3 is 16.0 Å². The van der Waals surface area contributed by atoms with E-state index < -0.39 is 17.5 Å². The third kappa shape index (κ3) is 4.56. The molecule has 3 rings (SSSR count). The number of halogens is 3. The highest BCUT2D eigenvalue weighted by Crippen LogP contribution is 2.24. The predicted molar refractivity (Wildman–Crippen MR) is 100 cm³/mol. The van der Waals surface area contributed by atoms with Crippen LogP contribution in [0.4, 0.5) is 42.0 Å². The molecule has 0 aliphatic carbocycles. The van der Waals surface area contributed by atoms with Crippen LogP contribution in [0.15, 0.2) is 42.5 Å². The molecule has 28 heavy (non-hydrogen) atoms. The third-order valence-electron chi connectivity index (χ3n) is 3.59. The Morgan fingerprint density at radius 2 is 1.68 bits per heavy atom. The van der Waals surface area contributed by atoms with Gasteiger partial charge in [-0.3, -0.25) is 4.79 Å². The zero-order valence-corrected chi connectivity index (χ0v) is 15.0. The number of nitrogens with zero attached hydrogens (tertiary/aromatic N) is 2. The lowest BCUT2D eigenvalue weighted by atomic mass is 10.2. The molecule has 0 saturated carbocycles. The molecule has 0 bridgehead atoms. The average molecular weight is 387 g/mol. The van der Waals surface area contributed by atoms with Gasteiger partial charge in [-0.15, -0.1) is 0 Å². The van der Waals surface area contributed by atoms with Crippen LogP contribution < -0.4 is 16.0 Å². The van der Waals surface area contributed by atoms with Crippen molar-refractivity contribution in [2.75, 3.05) is 16.0 Å². The van der Waals surface area contributed by atoms with Crippen LogP contribution in [0.1, 0.15) is 12.6 Å². The van der Waals surface area contributed by atoms with Gasteiger partial charge in [-0.2, -0.15) is 4.98 Å². The molecule has 0 aliphatic rings. The van der Waals surface area contributed by atoms with Crippen molar-refractivity contribution in [2.45, 2.75) is 13.8 Å². The van der Waals surface area contributed by atoms with E-state index in [1.54, 1.807) is 37.3 Å². The first kappa shape index (κ1) is 19.2. The van der Waals surface area contributed by atoms with E-state index in [0.29, 0.717) is 22.9 Å². The Hall–Kier alpha value is -3.62. The van der Waals surface area contributed by atoms with E-state index >= 15 is 0 Å². The highest BCUT2D eigenvalue weighted by atomic mass is 19.2. The summed E-state index contributed by atoms with van der Waals surface area (Å²) in [6, 6.07) is 10.5. The van der Waals surface area contributed by atoms with Crippen LogP contribution in [0.3, 0.4) is 0 Å². The lowest BCUT2D eigenvalue weighted by molar-refractivity contribution is -0.114. The standard InChI is InChI=1S/C19H16F3N5O/c1-10-8-16(25-13-5-3-4-12(9-13)24-11(2)28)27-19(23-10)26-15-7-6-14(20)17(21)18(15)22/h3-9H,1-2H3,(H,24,28)(H2,23,25,26,27). The first-order valence-electron chi connectivity index (χ1n) is 8.22. The number of aryl methyl sites for hydroxylation is 1. The monoisotopic (exact) mass is 387 g/mol. The fraction of sp³-hybridized carbons (Fsp3) is 0.105. The van der Waals surface area contributed by atoms with Gasteiger partial charge in [0.15, 0.2) is 17.5 Å². The lowest BCUT2D eigenvalue weighted by Crippen LogP contribution is -2.06. The van der Waals surface area contributed by atoms with Gasteiger partial charge in [0.25, 0.3) is 0 Å². The summed E-state index contributed by atoms with van der Waals surface area (Å²) in [6.45, 7) is 3.11. The van der Waals surface area contributed by atoms with Gasteiger partial charge in [0.1, 0.15) is 5.82 Å².